The number of carboxylic acids is 1. The van der Waals surface area contributed by atoms with Gasteiger partial charge in [-0.3, -0.25) is 0 Å². The topological polar surface area (TPSA) is 80.7 Å². The molecule has 1 aromatic heterocycles. The molecule has 0 aliphatic rings. The zero-order valence-corrected chi connectivity index (χ0v) is 13.0. The van der Waals surface area contributed by atoms with Gasteiger partial charge in [0.2, 0.25) is 0 Å². The van der Waals surface area contributed by atoms with E-state index < -0.39 is 15.8 Å². The second-order valence-corrected chi connectivity index (χ2v) is 7.50. The van der Waals surface area contributed by atoms with Crippen LogP contribution in [-0.2, 0) is 9.84 Å². The maximum absolute atomic E-state index is 12.1. The van der Waals surface area contributed by atoms with Crippen molar-refractivity contribution in [2.75, 3.05) is 12.4 Å². The SMILES string of the molecule is O=C(O)c1sccc1OCCS(=O)(=O)c1ccc(Cl)cc1. The van der Waals surface area contributed by atoms with Crippen LogP contribution in [0.5, 0.6) is 5.75 Å². The van der Waals surface area contributed by atoms with Crippen molar-refractivity contribution in [2.45, 2.75) is 4.90 Å². The molecule has 2 aromatic rings. The second-order valence-electron chi connectivity index (χ2n) is 4.04. The highest BCUT2D eigenvalue weighted by Gasteiger charge is 2.17. The summed E-state index contributed by atoms with van der Waals surface area (Å²) in [6.45, 7) is -0.123. The normalized spacial score (nSPS) is 11.3. The van der Waals surface area contributed by atoms with Crippen LogP contribution >= 0.6 is 22.9 Å². The lowest BCUT2D eigenvalue weighted by molar-refractivity contribution is 0.0698. The number of halogens is 1. The molecule has 0 saturated carbocycles. The van der Waals surface area contributed by atoms with Crippen molar-refractivity contribution in [3.63, 3.8) is 0 Å². The van der Waals surface area contributed by atoms with E-state index in [0.717, 1.165) is 11.3 Å². The summed E-state index contributed by atoms with van der Waals surface area (Å²) in [4.78, 5) is 11.1. The number of hydrogen-bond donors (Lipinski definition) is 1. The Labute approximate surface area is 130 Å². The predicted octanol–water partition coefficient (Wildman–Crippen LogP) is 2.95. The van der Waals surface area contributed by atoms with Crippen LogP contribution in [0.4, 0.5) is 0 Å². The zero-order chi connectivity index (χ0) is 15.5. The van der Waals surface area contributed by atoms with Gasteiger partial charge >= 0.3 is 5.97 Å². The van der Waals surface area contributed by atoms with E-state index in [1.165, 1.54) is 30.3 Å². The molecule has 0 spiro atoms. The van der Waals surface area contributed by atoms with E-state index in [1.807, 2.05) is 0 Å². The molecule has 21 heavy (non-hydrogen) atoms. The molecule has 0 radical (unpaired) electrons. The Hall–Kier alpha value is -1.57. The van der Waals surface area contributed by atoms with Gasteiger partial charge in [0, 0.05) is 5.02 Å². The molecule has 0 fully saturated rings. The number of carbonyl (C=O) groups is 1. The van der Waals surface area contributed by atoms with Crippen LogP contribution in [0, 0.1) is 0 Å². The van der Waals surface area contributed by atoms with E-state index in [-0.39, 0.29) is 27.9 Å². The largest absolute Gasteiger partial charge is 0.491 e. The molecule has 112 valence electrons. The van der Waals surface area contributed by atoms with Crippen molar-refractivity contribution in [3.05, 3.63) is 45.6 Å². The fourth-order valence-electron chi connectivity index (χ4n) is 1.59. The minimum atomic E-state index is -3.49. The lowest BCUT2D eigenvalue weighted by Gasteiger charge is -2.07. The molecule has 1 heterocycles. The number of carboxylic acid groups (broad SMARTS) is 1. The van der Waals surface area contributed by atoms with Crippen LogP contribution in [-0.4, -0.2) is 31.9 Å². The van der Waals surface area contributed by atoms with Crippen LogP contribution in [0.25, 0.3) is 0 Å². The van der Waals surface area contributed by atoms with Crippen molar-refractivity contribution < 1.29 is 23.1 Å². The molecule has 0 atom stereocenters. The third-order valence-electron chi connectivity index (χ3n) is 2.61. The number of rotatable bonds is 6. The van der Waals surface area contributed by atoms with Gasteiger partial charge in [-0.15, -0.1) is 11.3 Å². The van der Waals surface area contributed by atoms with E-state index >= 15 is 0 Å². The number of thiophene rings is 1. The second kappa shape index (κ2) is 6.46. The summed E-state index contributed by atoms with van der Waals surface area (Å²) in [6.07, 6.45) is 0. The summed E-state index contributed by atoms with van der Waals surface area (Å²) in [7, 11) is -3.49. The zero-order valence-electron chi connectivity index (χ0n) is 10.7. The highest BCUT2D eigenvalue weighted by molar-refractivity contribution is 7.91. The average Bonchev–Trinajstić information content (AvgIpc) is 2.87. The lowest BCUT2D eigenvalue weighted by Crippen LogP contribution is -2.14. The van der Waals surface area contributed by atoms with E-state index in [1.54, 1.807) is 5.38 Å². The lowest BCUT2D eigenvalue weighted by atomic mass is 10.4. The maximum atomic E-state index is 12.1. The molecule has 1 N–H and O–H groups in total. The third kappa shape index (κ3) is 3.96. The minimum Gasteiger partial charge on any atom is -0.491 e. The fourth-order valence-corrected chi connectivity index (χ4v) is 3.48. The number of aromatic carboxylic acids is 1. The van der Waals surface area contributed by atoms with Crippen LogP contribution < -0.4 is 4.74 Å². The van der Waals surface area contributed by atoms with Gasteiger partial charge in [0.15, 0.2) is 14.7 Å². The summed E-state index contributed by atoms with van der Waals surface area (Å²) >= 11 is 6.73. The Bertz CT molecular complexity index is 734. The number of sulfone groups is 1. The molecule has 8 heteroatoms. The molecule has 0 aliphatic heterocycles. The summed E-state index contributed by atoms with van der Waals surface area (Å²) in [5, 5.41) is 10.9. The average molecular weight is 347 g/mol. The van der Waals surface area contributed by atoms with Gasteiger partial charge < -0.3 is 9.84 Å². The Morgan fingerprint density at radius 1 is 1.24 bits per heavy atom. The van der Waals surface area contributed by atoms with Gasteiger partial charge in [0.1, 0.15) is 12.4 Å². The first kappa shape index (κ1) is 15.8. The standard InChI is InChI=1S/C13H11ClO5S2/c14-9-1-3-10(4-2-9)21(17,18)8-6-19-11-5-7-20-12(11)13(15)16/h1-5,7H,6,8H2,(H,15,16). The summed E-state index contributed by atoms with van der Waals surface area (Å²) in [5.74, 6) is -1.16. The molecule has 5 nitrogen and oxygen atoms in total. The van der Waals surface area contributed by atoms with Crippen molar-refractivity contribution in [2.24, 2.45) is 0 Å². The molecule has 0 unspecified atom stereocenters. The van der Waals surface area contributed by atoms with Crippen molar-refractivity contribution in [1.82, 2.24) is 0 Å². The molecule has 1 aromatic carbocycles. The summed E-state index contributed by atoms with van der Waals surface area (Å²) in [5.41, 5.74) is 0. The Morgan fingerprint density at radius 3 is 2.52 bits per heavy atom. The van der Waals surface area contributed by atoms with E-state index in [4.69, 9.17) is 21.4 Å². The van der Waals surface area contributed by atoms with Gasteiger partial charge in [0.05, 0.1) is 10.6 Å². The van der Waals surface area contributed by atoms with E-state index in [0.29, 0.717) is 5.02 Å². The molecule has 0 aliphatic carbocycles. The molecule has 0 amide bonds. The number of ether oxygens (including phenoxy) is 1. The van der Waals surface area contributed by atoms with Crippen LogP contribution in [0.3, 0.4) is 0 Å². The van der Waals surface area contributed by atoms with Gasteiger partial charge in [0.25, 0.3) is 0 Å². The number of benzene rings is 1. The molecule has 0 bridgehead atoms. The molecule has 2 rings (SSSR count). The Balaban J connectivity index is 2.01. The maximum Gasteiger partial charge on any atom is 0.349 e. The van der Waals surface area contributed by atoms with Gasteiger partial charge in [-0.2, -0.15) is 0 Å². The quantitative estimate of drug-likeness (QED) is 0.869. The van der Waals surface area contributed by atoms with Gasteiger partial charge in [-0.1, -0.05) is 11.6 Å². The predicted molar refractivity (Wildman–Crippen MR) is 80.3 cm³/mol. The van der Waals surface area contributed by atoms with E-state index in [2.05, 4.69) is 0 Å². The monoisotopic (exact) mass is 346 g/mol. The minimum absolute atomic E-state index is 0.0545. The van der Waals surface area contributed by atoms with Crippen LogP contribution in [0.15, 0.2) is 40.6 Å². The summed E-state index contributed by atoms with van der Waals surface area (Å²) in [6, 6.07) is 7.34. The first-order valence-corrected chi connectivity index (χ1v) is 8.73. The van der Waals surface area contributed by atoms with Crippen molar-refractivity contribution in [3.8, 4) is 5.75 Å². The van der Waals surface area contributed by atoms with E-state index in [9.17, 15) is 13.2 Å². The van der Waals surface area contributed by atoms with Gasteiger partial charge in [-0.25, -0.2) is 13.2 Å². The molecular formula is C13H11ClO5S2. The van der Waals surface area contributed by atoms with Gasteiger partial charge in [-0.05, 0) is 35.7 Å². The Kier molecular flexibility index (Phi) is 4.87. The van der Waals surface area contributed by atoms with Crippen LogP contribution in [0.1, 0.15) is 9.67 Å². The van der Waals surface area contributed by atoms with Crippen molar-refractivity contribution in [1.29, 1.82) is 0 Å². The fraction of sp³-hybridized carbons (Fsp3) is 0.154. The highest BCUT2D eigenvalue weighted by Crippen LogP contribution is 2.25. The smallest absolute Gasteiger partial charge is 0.349 e. The first-order valence-electron chi connectivity index (χ1n) is 5.82. The highest BCUT2D eigenvalue weighted by atomic mass is 35.5. The third-order valence-corrected chi connectivity index (χ3v) is 5.44. The van der Waals surface area contributed by atoms with Crippen molar-refractivity contribution >= 4 is 38.7 Å². The first-order chi connectivity index (χ1) is 9.90. The molecular weight excluding hydrogens is 336 g/mol. The summed E-state index contributed by atoms with van der Waals surface area (Å²) < 4.78 is 29.4. The number of hydrogen-bond acceptors (Lipinski definition) is 5. The Morgan fingerprint density at radius 2 is 1.90 bits per heavy atom. The molecule has 0 saturated heterocycles. The van der Waals surface area contributed by atoms with Crippen LogP contribution in [0.2, 0.25) is 5.02 Å².